The van der Waals surface area contributed by atoms with Gasteiger partial charge >= 0.3 is 0 Å². The Bertz CT molecular complexity index is 668. The maximum Gasteiger partial charge on any atom is 0.209 e. The number of aromatic amines is 1. The van der Waals surface area contributed by atoms with E-state index in [-0.39, 0.29) is 5.82 Å². The number of rotatable bonds is 4. The molecule has 0 aliphatic carbocycles. The number of hydrogen-bond donors (Lipinski definition) is 1. The molecule has 0 spiro atoms. The van der Waals surface area contributed by atoms with Crippen LogP contribution in [-0.4, -0.2) is 20.3 Å². The van der Waals surface area contributed by atoms with Crippen LogP contribution >= 0.6 is 11.8 Å². The maximum atomic E-state index is 13.6. The molecule has 0 amide bonds. The largest absolute Gasteiger partial charge is 0.364 e. The highest BCUT2D eigenvalue weighted by Crippen LogP contribution is 2.23. The summed E-state index contributed by atoms with van der Waals surface area (Å²) in [6.45, 7) is 0. The molecule has 2 aromatic heterocycles. The number of H-pyrrole nitrogens is 1. The Hall–Kier alpha value is -2.15. The average Bonchev–Trinajstić information content (AvgIpc) is 3.08. The van der Waals surface area contributed by atoms with Gasteiger partial charge in [0.25, 0.3) is 0 Å². The van der Waals surface area contributed by atoms with Crippen molar-refractivity contribution in [1.82, 2.24) is 20.3 Å². The van der Waals surface area contributed by atoms with Crippen molar-refractivity contribution in [2.75, 3.05) is 0 Å². The number of nitrogens with zero attached hydrogens (tertiary/aromatic N) is 3. The van der Waals surface area contributed by atoms with Crippen molar-refractivity contribution in [3.05, 3.63) is 48.1 Å². The molecule has 0 atom stereocenters. The predicted octanol–water partition coefficient (Wildman–Crippen LogP) is 2.89. The first-order valence-corrected chi connectivity index (χ1v) is 6.51. The SMILES string of the molecule is Fc1ccccc1-c1nc(SCc2ccon2)n[nH]1. The lowest BCUT2D eigenvalue weighted by molar-refractivity contribution is 0.414. The van der Waals surface area contributed by atoms with Gasteiger partial charge in [-0.25, -0.2) is 9.37 Å². The molecule has 0 fully saturated rings. The summed E-state index contributed by atoms with van der Waals surface area (Å²) in [5.74, 6) is 0.692. The van der Waals surface area contributed by atoms with Gasteiger partial charge in [0.05, 0.1) is 11.3 Å². The van der Waals surface area contributed by atoms with E-state index in [4.69, 9.17) is 4.52 Å². The average molecular weight is 276 g/mol. The monoisotopic (exact) mass is 276 g/mol. The van der Waals surface area contributed by atoms with Crippen LogP contribution in [0.25, 0.3) is 11.4 Å². The highest BCUT2D eigenvalue weighted by molar-refractivity contribution is 7.98. The second kappa shape index (κ2) is 5.23. The van der Waals surface area contributed by atoms with Gasteiger partial charge < -0.3 is 4.52 Å². The minimum atomic E-state index is -0.327. The fourth-order valence-corrected chi connectivity index (χ4v) is 2.23. The molecule has 1 N–H and O–H groups in total. The van der Waals surface area contributed by atoms with E-state index in [1.165, 1.54) is 24.1 Å². The van der Waals surface area contributed by atoms with Crippen LogP contribution in [-0.2, 0) is 5.75 Å². The molecule has 0 radical (unpaired) electrons. The van der Waals surface area contributed by atoms with Crippen LogP contribution in [0.5, 0.6) is 0 Å². The van der Waals surface area contributed by atoms with E-state index in [1.807, 2.05) is 0 Å². The zero-order valence-corrected chi connectivity index (χ0v) is 10.5. The number of hydrogen-bond acceptors (Lipinski definition) is 5. The van der Waals surface area contributed by atoms with Gasteiger partial charge in [-0.2, -0.15) is 0 Å². The first kappa shape index (κ1) is 11.9. The van der Waals surface area contributed by atoms with Gasteiger partial charge in [0, 0.05) is 11.8 Å². The number of aromatic nitrogens is 4. The molecule has 0 saturated carbocycles. The van der Waals surface area contributed by atoms with E-state index in [9.17, 15) is 4.39 Å². The summed E-state index contributed by atoms with van der Waals surface area (Å²) in [6.07, 6.45) is 1.51. The Balaban J connectivity index is 1.75. The molecule has 0 aliphatic rings. The second-order valence-electron chi connectivity index (χ2n) is 3.73. The van der Waals surface area contributed by atoms with Gasteiger partial charge in [0.15, 0.2) is 5.82 Å². The number of thioether (sulfide) groups is 1. The van der Waals surface area contributed by atoms with E-state index in [0.29, 0.717) is 22.3 Å². The third-order valence-electron chi connectivity index (χ3n) is 2.43. The maximum absolute atomic E-state index is 13.6. The zero-order valence-electron chi connectivity index (χ0n) is 9.71. The lowest BCUT2D eigenvalue weighted by Gasteiger charge is -1.96. The van der Waals surface area contributed by atoms with Gasteiger partial charge in [-0.05, 0) is 12.1 Å². The summed E-state index contributed by atoms with van der Waals surface area (Å²) in [6, 6.07) is 8.21. The predicted molar refractivity (Wildman–Crippen MR) is 67.8 cm³/mol. The summed E-state index contributed by atoms with van der Waals surface area (Å²) in [5, 5.41) is 11.1. The third-order valence-corrected chi connectivity index (χ3v) is 3.32. The quantitative estimate of drug-likeness (QED) is 0.742. The van der Waals surface area contributed by atoms with Crippen molar-refractivity contribution in [1.29, 1.82) is 0 Å². The van der Waals surface area contributed by atoms with Crippen molar-refractivity contribution in [2.45, 2.75) is 10.9 Å². The Labute approximate surface area is 112 Å². The van der Waals surface area contributed by atoms with Crippen LogP contribution in [0.4, 0.5) is 4.39 Å². The van der Waals surface area contributed by atoms with Crippen LogP contribution in [0.2, 0.25) is 0 Å². The van der Waals surface area contributed by atoms with Crippen molar-refractivity contribution in [3.63, 3.8) is 0 Å². The highest BCUT2D eigenvalue weighted by atomic mass is 32.2. The second-order valence-corrected chi connectivity index (χ2v) is 4.67. The smallest absolute Gasteiger partial charge is 0.209 e. The summed E-state index contributed by atoms with van der Waals surface area (Å²) >= 11 is 1.40. The normalized spacial score (nSPS) is 10.8. The van der Waals surface area contributed by atoms with Crippen molar-refractivity contribution in [2.24, 2.45) is 0 Å². The Kier molecular flexibility index (Phi) is 3.28. The molecule has 3 aromatic rings. The van der Waals surface area contributed by atoms with Crippen LogP contribution in [0.1, 0.15) is 5.69 Å². The van der Waals surface area contributed by atoms with Gasteiger partial charge in [-0.15, -0.1) is 5.10 Å². The summed E-state index contributed by atoms with van der Waals surface area (Å²) < 4.78 is 18.3. The zero-order chi connectivity index (χ0) is 13.1. The minimum Gasteiger partial charge on any atom is -0.364 e. The molecular formula is C12H9FN4OS. The first-order valence-electron chi connectivity index (χ1n) is 5.52. The highest BCUT2D eigenvalue weighted by Gasteiger charge is 2.10. The molecule has 1 aromatic carbocycles. The van der Waals surface area contributed by atoms with Crippen LogP contribution < -0.4 is 0 Å². The van der Waals surface area contributed by atoms with Crippen LogP contribution in [0.3, 0.4) is 0 Å². The van der Waals surface area contributed by atoms with E-state index in [2.05, 4.69) is 20.3 Å². The summed E-state index contributed by atoms with van der Waals surface area (Å²) in [7, 11) is 0. The lowest BCUT2D eigenvalue weighted by Crippen LogP contribution is -1.85. The van der Waals surface area contributed by atoms with Crippen molar-refractivity contribution in [3.8, 4) is 11.4 Å². The Morgan fingerprint density at radius 2 is 2.16 bits per heavy atom. The molecule has 7 heteroatoms. The lowest BCUT2D eigenvalue weighted by atomic mass is 10.2. The van der Waals surface area contributed by atoms with Gasteiger partial charge in [0.2, 0.25) is 5.16 Å². The standard InChI is InChI=1S/C12H9FN4OS/c13-10-4-2-1-3-9(10)11-14-12(16-15-11)19-7-8-5-6-18-17-8/h1-6H,7H2,(H,14,15,16). The fourth-order valence-electron chi connectivity index (χ4n) is 1.54. The number of halogens is 1. The van der Waals surface area contributed by atoms with Gasteiger partial charge in [-0.1, -0.05) is 29.1 Å². The molecule has 96 valence electrons. The Morgan fingerprint density at radius 3 is 2.95 bits per heavy atom. The van der Waals surface area contributed by atoms with Gasteiger partial charge in [-0.3, -0.25) is 5.10 Å². The first-order chi connectivity index (χ1) is 9.33. The molecule has 0 aliphatic heterocycles. The molecule has 19 heavy (non-hydrogen) atoms. The molecule has 0 bridgehead atoms. The summed E-state index contributed by atoms with van der Waals surface area (Å²) in [4.78, 5) is 4.24. The van der Waals surface area contributed by atoms with E-state index < -0.39 is 0 Å². The number of benzene rings is 1. The van der Waals surface area contributed by atoms with E-state index in [1.54, 1.807) is 24.3 Å². The van der Waals surface area contributed by atoms with E-state index >= 15 is 0 Å². The molecule has 0 saturated heterocycles. The fraction of sp³-hybridized carbons (Fsp3) is 0.0833. The van der Waals surface area contributed by atoms with E-state index in [0.717, 1.165) is 5.69 Å². The molecule has 3 rings (SSSR count). The third kappa shape index (κ3) is 2.65. The molecular weight excluding hydrogens is 267 g/mol. The molecule has 5 nitrogen and oxygen atoms in total. The summed E-state index contributed by atoms with van der Waals surface area (Å²) in [5.41, 5.74) is 1.21. The minimum absolute atomic E-state index is 0.327. The van der Waals surface area contributed by atoms with Crippen LogP contribution in [0, 0.1) is 5.82 Å². The van der Waals surface area contributed by atoms with Crippen molar-refractivity contribution >= 4 is 11.8 Å². The molecule has 2 heterocycles. The van der Waals surface area contributed by atoms with Crippen LogP contribution in [0.15, 0.2) is 46.3 Å². The Morgan fingerprint density at radius 1 is 1.26 bits per heavy atom. The van der Waals surface area contributed by atoms with Gasteiger partial charge in [0.1, 0.15) is 12.1 Å². The number of nitrogens with one attached hydrogen (secondary N) is 1. The topological polar surface area (TPSA) is 67.6 Å². The molecule has 0 unspecified atom stereocenters. The van der Waals surface area contributed by atoms with Crippen molar-refractivity contribution < 1.29 is 8.91 Å².